The second kappa shape index (κ2) is 8.82. The molecule has 0 radical (unpaired) electrons. The van der Waals surface area contributed by atoms with Crippen molar-refractivity contribution in [1.82, 2.24) is 10.2 Å². The van der Waals surface area contributed by atoms with Crippen molar-refractivity contribution in [3.63, 3.8) is 0 Å². The van der Waals surface area contributed by atoms with Gasteiger partial charge in [0.15, 0.2) is 0 Å². The van der Waals surface area contributed by atoms with Gasteiger partial charge in [-0.05, 0) is 43.4 Å². The van der Waals surface area contributed by atoms with Gasteiger partial charge in [0.1, 0.15) is 0 Å². The van der Waals surface area contributed by atoms with Gasteiger partial charge in [-0.1, -0.05) is 43.6 Å². The molecule has 0 saturated heterocycles. The number of carbonyl (C=O) groups excluding carboxylic acids is 2. The number of nitrogens with zero attached hydrogens (tertiary/aromatic N) is 2. The molecular weight excluding hydrogens is 392 g/mol. The number of amides is 3. The number of benzene rings is 2. The van der Waals surface area contributed by atoms with Gasteiger partial charge in [-0.3, -0.25) is 9.69 Å². The Morgan fingerprint density at radius 1 is 1.17 bits per heavy atom. The van der Waals surface area contributed by atoms with Crippen LogP contribution in [0.25, 0.3) is 0 Å². The van der Waals surface area contributed by atoms with E-state index in [-0.39, 0.29) is 0 Å². The van der Waals surface area contributed by atoms with Crippen molar-refractivity contribution < 1.29 is 14.7 Å². The van der Waals surface area contributed by atoms with Gasteiger partial charge < -0.3 is 20.6 Å². The fourth-order valence-corrected chi connectivity index (χ4v) is 3.57. The predicted molar refractivity (Wildman–Crippen MR) is 114 cm³/mol. The van der Waals surface area contributed by atoms with E-state index in [1.807, 2.05) is 13.8 Å². The zero-order valence-electron chi connectivity index (χ0n) is 16.5. The van der Waals surface area contributed by atoms with E-state index in [1.165, 1.54) is 0 Å². The van der Waals surface area contributed by atoms with Gasteiger partial charge in [-0.15, -0.1) is 0 Å². The smallest absolute Gasteiger partial charge is 0.329 e. The number of para-hydroxylation sites is 1. The van der Waals surface area contributed by atoms with E-state index in [2.05, 4.69) is 15.5 Å². The van der Waals surface area contributed by atoms with Crippen molar-refractivity contribution in [2.45, 2.75) is 19.6 Å². The highest BCUT2D eigenvalue weighted by molar-refractivity contribution is 6.30. The number of aliphatic hydroxyl groups is 1. The Bertz CT molecular complexity index is 886. The molecule has 0 fully saturated rings. The van der Waals surface area contributed by atoms with Crippen LogP contribution in [0, 0.1) is 0 Å². The minimum absolute atomic E-state index is 0.301. The Balaban J connectivity index is 1.97. The summed E-state index contributed by atoms with van der Waals surface area (Å²) >= 11 is 5.96. The standard InChI is InChI=1S/C21H25ClN4O3/c1-3-25(4-2)14-13-23-19(27)21(29)17-7-5-6-8-18(17)24-20(28)26(21)16-11-9-15(22)10-12-16/h5-12,29H,3-4,13-14H2,1-2H3,(H,23,27)(H,24,28). The van der Waals surface area contributed by atoms with Crippen molar-refractivity contribution in [2.75, 3.05) is 36.4 Å². The predicted octanol–water partition coefficient (Wildman–Crippen LogP) is 3.00. The first-order chi connectivity index (χ1) is 13.9. The Morgan fingerprint density at radius 3 is 2.48 bits per heavy atom. The van der Waals surface area contributed by atoms with Gasteiger partial charge in [0.25, 0.3) is 11.6 Å². The van der Waals surface area contributed by atoms with Crippen LogP contribution in [0.4, 0.5) is 16.2 Å². The molecule has 1 atom stereocenters. The summed E-state index contributed by atoms with van der Waals surface area (Å²) < 4.78 is 0. The molecule has 29 heavy (non-hydrogen) atoms. The van der Waals surface area contributed by atoms with E-state index in [9.17, 15) is 14.7 Å². The maximum Gasteiger partial charge on any atom is 0.329 e. The quantitative estimate of drug-likeness (QED) is 0.647. The lowest BCUT2D eigenvalue weighted by molar-refractivity contribution is -0.140. The molecule has 3 rings (SSSR count). The third-order valence-corrected chi connectivity index (χ3v) is 5.33. The molecule has 8 heteroatoms. The molecule has 0 spiro atoms. The SMILES string of the molecule is CCN(CC)CCNC(=O)C1(O)c2ccccc2NC(=O)N1c1ccc(Cl)cc1. The number of anilines is 2. The summed E-state index contributed by atoms with van der Waals surface area (Å²) in [5.74, 6) is -0.665. The summed E-state index contributed by atoms with van der Waals surface area (Å²) in [6, 6.07) is 12.5. The molecule has 1 heterocycles. The molecule has 7 nitrogen and oxygen atoms in total. The van der Waals surface area contributed by atoms with Crippen molar-refractivity contribution in [3.8, 4) is 0 Å². The number of nitrogens with one attached hydrogen (secondary N) is 2. The van der Waals surface area contributed by atoms with Crippen LogP contribution in [0.3, 0.4) is 0 Å². The lowest BCUT2D eigenvalue weighted by Crippen LogP contribution is -2.63. The Labute approximate surface area is 175 Å². The molecule has 0 aliphatic carbocycles. The highest BCUT2D eigenvalue weighted by atomic mass is 35.5. The van der Waals surface area contributed by atoms with Gasteiger partial charge >= 0.3 is 6.03 Å². The van der Waals surface area contributed by atoms with Crippen LogP contribution in [0.5, 0.6) is 0 Å². The molecule has 3 N–H and O–H groups in total. The summed E-state index contributed by atoms with van der Waals surface area (Å²) in [7, 11) is 0. The number of urea groups is 1. The highest BCUT2D eigenvalue weighted by Gasteiger charge is 2.51. The van der Waals surface area contributed by atoms with Gasteiger partial charge in [-0.25, -0.2) is 4.79 Å². The van der Waals surface area contributed by atoms with Crippen LogP contribution in [0.1, 0.15) is 19.4 Å². The zero-order chi connectivity index (χ0) is 21.0. The highest BCUT2D eigenvalue weighted by Crippen LogP contribution is 2.39. The fraction of sp³-hybridized carbons (Fsp3) is 0.333. The molecule has 0 aromatic heterocycles. The topological polar surface area (TPSA) is 84.9 Å². The summed E-state index contributed by atoms with van der Waals surface area (Å²) in [5.41, 5.74) is -1.16. The second-order valence-electron chi connectivity index (χ2n) is 6.74. The van der Waals surface area contributed by atoms with E-state index in [1.54, 1.807) is 48.5 Å². The van der Waals surface area contributed by atoms with E-state index in [4.69, 9.17) is 11.6 Å². The van der Waals surface area contributed by atoms with E-state index >= 15 is 0 Å². The fourth-order valence-electron chi connectivity index (χ4n) is 3.44. The molecule has 1 aliphatic heterocycles. The number of hydrogen-bond acceptors (Lipinski definition) is 4. The Kier molecular flexibility index (Phi) is 6.42. The first-order valence-corrected chi connectivity index (χ1v) is 9.98. The Hall–Kier alpha value is -2.61. The van der Waals surface area contributed by atoms with Crippen LogP contribution in [-0.2, 0) is 10.5 Å². The van der Waals surface area contributed by atoms with Crippen LogP contribution in [-0.4, -0.2) is 48.1 Å². The van der Waals surface area contributed by atoms with Gasteiger partial charge in [0.2, 0.25) is 0 Å². The minimum Gasteiger partial charge on any atom is -0.359 e. The van der Waals surface area contributed by atoms with E-state index < -0.39 is 17.7 Å². The van der Waals surface area contributed by atoms with E-state index in [0.29, 0.717) is 35.1 Å². The average molecular weight is 417 g/mol. The van der Waals surface area contributed by atoms with Crippen molar-refractivity contribution >= 4 is 34.9 Å². The molecule has 0 bridgehead atoms. The lowest BCUT2D eigenvalue weighted by atomic mass is 9.95. The first kappa shape index (κ1) is 21.1. The number of likely N-dealkylation sites (N-methyl/N-ethyl adjacent to an activating group) is 1. The zero-order valence-corrected chi connectivity index (χ0v) is 17.2. The molecule has 1 aliphatic rings. The molecular formula is C21H25ClN4O3. The van der Waals surface area contributed by atoms with Gasteiger partial charge in [0, 0.05) is 29.4 Å². The molecule has 2 aromatic carbocycles. The van der Waals surface area contributed by atoms with Crippen LogP contribution >= 0.6 is 11.6 Å². The summed E-state index contributed by atoms with van der Waals surface area (Å²) in [6.07, 6.45) is 0. The second-order valence-corrected chi connectivity index (χ2v) is 7.18. The third kappa shape index (κ3) is 4.07. The van der Waals surface area contributed by atoms with Crippen LogP contribution in [0.15, 0.2) is 48.5 Å². The first-order valence-electron chi connectivity index (χ1n) is 9.61. The van der Waals surface area contributed by atoms with Crippen molar-refractivity contribution in [1.29, 1.82) is 0 Å². The van der Waals surface area contributed by atoms with Crippen LogP contribution < -0.4 is 15.5 Å². The molecule has 3 amide bonds. The van der Waals surface area contributed by atoms with Crippen molar-refractivity contribution in [3.05, 3.63) is 59.1 Å². The molecule has 1 unspecified atom stereocenters. The largest absolute Gasteiger partial charge is 0.359 e. The number of halogens is 1. The van der Waals surface area contributed by atoms with Gasteiger partial charge in [0.05, 0.1) is 5.69 Å². The summed E-state index contributed by atoms with van der Waals surface area (Å²) in [4.78, 5) is 29.3. The summed E-state index contributed by atoms with van der Waals surface area (Å²) in [6.45, 7) is 6.80. The lowest BCUT2D eigenvalue weighted by Gasteiger charge is -2.42. The summed E-state index contributed by atoms with van der Waals surface area (Å²) in [5, 5.41) is 17.6. The van der Waals surface area contributed by atoms with Gasteiger partial charge in [-0.2, -0.15) is 0 Å². The number of rotatable bonds is 7. The maximum atomic E-state index is 13.2. The molecule has 2 aromatic rings. The van der Waals surface area contributed by atoms with Crippen LogP contribution in [0.2, 0.25) is 5.02 Å². The molecule has 154 valence electrons. The third-order valence-electron chi connectivity index (χ3n) is 5.08. The monoisotopic (exact) mass is 416 g/mol. The maximum absolute atomic E-state index is 13.2. The molecule has 0 saturated carbocycles. The average Bonchev–Trinajstić information content (AvgIpc) is 2.72. The minimum atomic E-state index is -2.20. The van der Waals surface area contributed by atoms with E-state index in [0.717, 1.165) is 18.0 Å². The number of fused-ring (bicyclic) bond motifs is 1. The number of hydrogen-bond donors (Lipinski definition) is 3. The normalized spacial score (nSPS) is 18.4. The number of carbonyl (C=O) groups is 2. The van der Waals surface area contributed by atoms with Crippen molar-refractivity contribution in [2.24, 2.45) is 0 Å². The Morgan fingerprint density at radius 2 is 1.83 bits per heavy atom.